The first-order chi connectivity index (χ1) is 11.7. The van der Waals surface area contributed by atoms with Gasteiger partial charge in [0.2, 0.25) is 0 Å². The molecule has 0 saturated heterocycles. The Kier molecular flexibility index (Phi) is 4.96. The zero-order chi connectivity index (χ0) is 16.9. The molecule has 1 atom stereocenters. The Morgan fingerprint density at radius 1 is 1.08 bits per heavy atom. The average molecular weight is 321 g/mol. The lowest BCUT2D eigenvalue weighted by Gasteiger charge is -2.13. The molecule has 2 aromatic carbocycles. The number of aryl methyl sites for hydroxylation is 1. The highest BCUT2D eigenvalue weighted by Crippen LogP contribution is 2.27. The molecule has 1 aromatic heterocycles. The fourth-order valence-corrected chi connectivity index (χ4v) is 2.85. The highest BCUT2D eigenvalue weighted by molar-refractivity contribution is 5.60. The summed E-state index contributed by atoms with van der Waals surface area (Å²) >= 11 is 0. The van der Waals surface area contributed by atoms with E-state index in [0.29, 0.717) is 6.54 Å². The topological polar surface area (TPSA) is 63.9 Å². The van der Waals surface area contributed by atoms with Crippen LogP contribution in [0.1, 0.15) is 29.7 Å². The fraction of sp³-hybridized carbons (Fsp3) is 0.250. The van der Waals surface area contributed by atoms with E-state index >= 15 is 0 Å². The number of aromatic amines is 1. The molecule has 0 aliphatic carbocycles. The average Bonchev–Trinajstić information content (AvgIpc) is 3.13. The third-order valence-corrected chi connectivity index (χ3v) is 4.38. The number of aromatic nitrogens is 2. The summed E-state index contributed by atoms with van der Waals surface area (Å²) in [5.74, 6) is 0.959. The molecule has 24 heavy (non-hydrogen) atoms. The molecule has 0 fully saturated rings. The lowest BCUT2D eigenvalue weighted by Crippen LogP contribution is -2.14. The van der Waals surface area contributed by atoms with Crippen molar-refractivity contribution in [3.63, 3.8) is 0 Å². The molecule has 0 aliphatic heterocycles. The van der Waals surface area contributed by atoms with Gasteiger partial charge in [-0.1, -0.05) is 31.2 Å². The Morgan fingerprint density at radius 2 is 1.79 bits per heavy atom. The SMILES string of the molecule is CCc1ccc(C(CN)c2cc(-c3ccc(OC)cc3)n[nH]2)cc1. The van der Waals surface area contributed by atoms with Crippen LogP contribution >= 0.6 is 0 Å². The van der Waals surface area contributed by atoms with E-state index in [1.165, 1.54) is 11.1 Å². The Morgan fingerprint density at radius 3 is 2.38 bits per heavy atom. The molecule has 1 heterocycles. The van der Waals surface area contributed by atoms with Crippen LogP contribution in [0.15, 0.2) is 54.6 Å². The van der Waals surface area contributed by atoms with Crippen LogP contribution in [0, 0.1) is 0 Å². The van der Waals surface area contributed by atoms with Gasteiger partial charge in [0.25, 0.3) is 0 Å². The Balaban J connectivity index is 1.86. The molecule has 0 aliphatic rings. The molecule has 0 amide bonds. The second-order valence-electron chi connectivity index (χ2n) is 5.82. The van der Waals surface area contributed by atoms with E-state index < -0.39 is 0 Å². The number of nitrogens with zero attached hydrogens (tertiary/aromatic N) is 1. The number of rotatable bonds is 6. The maximum absolute atomic E-state index is 6.03. The zero-order valence-electron chi connectivity index (χ0n) is 14.1. The van der Waals surface area contributed by atoms with Crippen LogP contribution in [0.25, 0.3) is 11.3 Å². The predicted molar refractivity (Wildman–Crippen MR) is 97.3 cm³/mol. The minimum absolute atomic E-state index is 0.121. The van der Waals surface area contributed by atoms with Gasteiger partial charge in [-0.05, 0) is 47.9 Å². The summed E-state index contributed by atoms with van der Waals surface area (Å²) in [5.41, 5.74) is 11.6. The molecular weight excluding hydrogens is 298 g/mol. The first-order valence-corrected chi connectivity index (χ1v) is 8.23. The summed E-state index contributed by atoms with van der Waals surface area (Å²) in [6.07, 6.45) is 1.04. The number of nitrogens with two attached hydrogens (primary N) is 1. The van der Waals surface area contributed by atoms with Gasteiger partial charge in [0, 0.05) is 23.7 Å². The normalized spacial score (nSPS) is 12.1. The summed E-state index contributed by atoms with van der Waals surface area (Å²) in [4.78, 5) is 0. The van der Waals surface area contributed by atoms with Crippen molar-refractivity contribution in [2.24, 2.45) is 5.73 Å². The second-order valence-corrected chi connectivity index (χ2v) is 5.82. The summed E-state index contributed by atoms with van der Waals surface area (Å²) in [5, 5.41) is 7.60. The Labute approximate surface area is 142 Å². The molecule has 3 rings (SSSR count). The van der Waals surface area contributed by atoms with Gasteiger partial charge in [0.15, 0.2) is 0 Å². The molecule has 4 heteroatoms. The number of hydrogen-bond acceptors (Lipinski definition) is 3. The molecule has 0 bridgehead atoms. The molecule has 3 aromatic rings. The van der Waals surface area contributed by atoms with Crippen LogP contribution in [-0.4, -0.2) is 23.9 Å². The first kappa shape index (κ1) is 16.3. The van der Waals surface area contributed by atoms with E-state index in [-0.39, 0.29) is 5.92 Å². The largest absolute Gasteiger partial charge is 0.497 e. The quantitative estimate of drug-likeness (QED) is 0.727. The van der Waals surface area contributed by atoms with E-state index in [1.54, 1.807) is 7.11 Å². The van der Waals surface area contributed by atoms with Crippen LogP contribution < -0.4 is 10.5 Å². The number of benzene rings is 2. The van der Waals surface area contributed by atoms with E-state index in [0.717, 1.165) is 29.1 Å². The van der Waals surface area contributed by atoms with Crippen molar-refractivity contribution in [1.29, 1.82) is 0 Å². The maximum atomic E-state index is 6.03. The lowest BCUT2D eigenvalue weighted by atomic mass is 9.94. The van der Waals surface area contributed by atoms with Crippen molar-refractivity contribution in [1.82, 2.24) is 10.2 Å². The van der Waals surface area contributed by atoms with Gasteiger partial charge in [-0.15, -0.1) is 0 Å². The van der Waals surface area contributed by atoms with E-state index in [2.05, 4.69) is 47.5 Å². The number of ether oxygens (including phenoxy) is 1. The Hall–Kier alpha value is -2.59. The third-order valence-electron chi connectivity index (χ3n) is 4.38. The molecular formula is C20H23N3O. The molecule has 124 valence electrons. The van der Waals surface area contributed by atoms with Gasteiger partial charge in [0.05, 0.1) is 12.8 Å². The minimum Gasteiger partial charge on any atom is -0.497 e. The predicted octanol–water partition coefficient (Wildman–Crippen LogP) is 3.74. The van der Waals surface area contributed by atoms with Crippen molar-refractivity contribution in [2.75, 3.05) is 13.7 Å². The number of H-pyrrole nitrogens is 1. The maximum Gasteiger partial charge on any atom is 0.118 e. The van der Waals surface area contributed by atoms with Gasteiger partial charge < -0.3 is 10.5 Å². The van der Waals surface area contributed by atoms with Crippen molar-refractivity contribution < 1.29 is 4.74 Å². The van der Waals surface area contributed by atoms with Crippen LogP contribution in [0.3, 0.4) is 0 Å². The van der Waals surface area contributed by atoms with Gasteiger partial charge >= 0.3 is 0 Å². The number of nitrogens with one attached hydrogen (secondary N) is 1. The van der Waals surface area contributed by atoms with Gasteiger partial charge in [-0.25, -0.2) is 0 Å². The highest BCUT2D eigenvalue weighted by atomic mass is 16.5. The van der Waals surface area contributed by atoms with Crippen LogP contribution in [0.2, 0.25) is 0 Å². The van der Waals surface area contributed by atoms with Crippen molar-refractivity contribution in [3.8, 4) is 17.0 Å². The molecule has 0 saturated carbocycles. The number of methoxy groups -OCH3 is 1. The smallest absolute Gasteiger partial charge is 0.118 e. The van der Waals surface area contributed by atoms with Gasteiger partial charge in [-0.3, -0.25) is 5.10 Å². The lowest BCUT2D eigenvalue weighted by molar-refractivity contribution is 0.415. The summed E-state index contributed by atoms with van der Waals surface area (Å²) in [6.45, 7) is 2.70. The van der Waals surface area contributed by atoms with Crippen LogP contribution in [0.4, 0.5) is 0 Å². The monoisotopic (exact) mass is 321 g/mol. The Bertz CT molecular complexity index is 775. The minimum atomic E-state index is 0.121. The molecule has 0 spiro atoms. The van der Waals surface area contributed by atoms with Gasteiger partial charge in [0.1, 0.15) is 5.75 Å². The zero-order valence-corrected chi connectivity index (χ0v) is 14.1. The van der Waals surface area contributed by atoms with Crippen LogP contribution in [0.5, 0.6) is 5.75 Å². The third kappa shape index (κ3) is 3.34. The fourth-order valence-electron chi connectivity index (χ4n) is 2.85. The highest BCUT2D eigenvalue weighted by Gasteiger charge is 2.16. The first-order valence-electron chi connectivity index (χ1n) is 8.23. The van der Waals surface area contributed by atoms with Crippen molar-refractivity contribution >= 4 is 0 Å². The molecule has 3 N–H and O–H groups in total. The number of hydrogen-bond donors (Lipinski definition) is 2. The summed E-state index contributed by atoms with van der Waals surface area (Å²) < 4.78 is 5.20. The summed E-state index contributed by atoms with van der Waals surface area (Å²) in [7, 11) is 1.66. The standard InChI is InChI=1S/C20H23N3O/c1-3-14-4-6-15(7-5-14)18(13-21)20-12-19(22-23-20)16-8-10-17(24-2)11-9-16/h4-12,18H,3,13,21H2,1-2H3,(H,22,23). The van der Waals surface area contributed by atoms with Crippen molar-refractivity contribution in [3.05, 3.63) is 71.4 Å². The van der Waals surface area contributed by atoms with E-state index in [4.69, 9.17) is 10.5 Å². The summed E-state index contributed by atoms with van der Waals surface area (Å²) in [6, 6.07) is 18.6. The molecule has 4 nitrogen and oxygen atoms in total. The van der Waals surface area contributed by atoms with E-state index in [9.17, 15) is 0 Å². The molecule has 0 radical (unpaired) electrons. The van der Waals surface area contributed by atoms with E-state index in [1.807, 2.05) is 24.3 Å². The molecule has 1 unspecified atom stereocenters. The van der Waals surface area contributed by atoms with Gasteiger partial charge in [-0.2, -0.15) is 5.10 Å². The second kappa shape index (κ2) is 7.32. The van der Waals surface area contributed by atoms with Crippen LogP contribution in [-0.2, 0) is 6.42 Å². The van der Waals surface area contributed by atoms with Crippen molar-refractivity contribution in [2.45, 2.75) is 19.3 Å².